The smallest absolute Gasteiger partial charge is 0.0776 e. The molecule has 1 heteroatoms. The Morgan fingerprint density at radius 2 is 2.00 bits per heavy atom. The van der Waals surface area contributed by atoms with Crippen LogP contribution in [0.1, 0.15) is 12.0 Å². The summed E-state index contributed by atoms with van der Waals surface area (Å²) >= 11 is 0. The van der Waals surface area contributed by atoms with E-state index >= 15 is 0 Å². The first kappa shape index (κ1) is 11.4. The van der Waals surface area contributed by atoms with Gasteiger partial charge in [0.1, 0.15) is 0 Å². The molecule has 0 saturated heterocycles. The summed E-state index contributed by atoms with van der Waals surface area (Å²) in [5.74, 6) is 0. The Bertz CT molecular complexity index is 433. The molecule has 0 atom stereocenters. The molecule has 0 unspecified atom stereocenters. The Hall–Kier alpha value is -1.08. The van der Waals surface area contributed by atoms with E-state index in [-0.39, 0.29) is 0 Å². The minimum Gasteiger partial charge on any atom is -0.0804 e. The summed E-state index contributed by atoms with van der Waals surface area (Å²) in [6.45, 7) is 7.22. The van der Waals surface area contributed by atoms with Gasteiger partial charge in [0.05, 0.1) is 8.07 Å². The Morgan fingerprint density at radius 1 is 1.19 bits per heavy atom. The first-order chi connectivity index (χ1) is 7.55. The van der Waals surface area contributed by atoms with Crippen molar-refractivity contribution in [2.75, 3.05) is 0 Å². The number of hydrogen-bond donors (Lipinski definition) is 0. The highest BCUT2D eigenvalue weighted by molar-refractivity contribution is 6.88. The second kappa shape index (κ2) is 4.42. The molecule has 0 saturated carbocycles. The molecule has 0 heterocycles. The van der Waals surface area contributed by atoms with Crippen LogP contribution in [0.3, 0.4) is 0 Å². The van der Waals surface area contributed by atoms with Gasteiger partial charge in [0, 0.05) is 0 Å². The first-order valence-electron chi connectivity index (χ1n) is 6.00. The largest absolute Gasteiger partial charge is 0.0804 e. The molecule has 0 bridgehead atoms. The molecular formula is C15H20Si. The van der Waals surface area contributed by atoms with E-state index in [9.17, 15) is 0 Å². The van der Waals surface area contributed by atoms with Gasteiger partial charge in [0.15, 0.2) is 0 Å². The van der Waals surface area contributed by atoms with Gasteiger partial charge in [-0.1, -0.05) is 72.9 Å². The van der Waals surface area contributed by atoms with Gasteiger partial charge in [-0.3, -0.25) is 0 Å². The van der Waals surface area contributed by atoms with Crippen LogP contribution in [0.4, 0.5) is 0 Å². The molecule has 0 radical (unpaired) electrons. The van der Waals surface area contributed by atoms with Crippen molar-refractivity contribution in [3.8, 4) is 0 Å². The lowest BCUT2D eigenvalue weighted by molar-refractivity contribution is 1.09. The third kappa shape index (κ3) is 2.73. The minimum absolute atomic E-state index is 1.12. The molecule has 1 aliphatic rings. The molecule has 0 spiro atoms. The summed E-state index contributed by atoms with van der Waals surface area (Å²) < 4.78 is 0. The van der Waals surface area contributed by atoms with Crippen LogP contribution < -0.4 is 5.19 Å². The fraction of sp³-hybridized carbons (Fsp3) is 0.333. The zero-order valence-corrected chi connectivity index (χ0v) is 11.5. The Kier molecular flexibility index (Phi) is 3.15. The zero-order chi connectivity index (χ0) is 11.6. The van der Waals surface area contributed by atoms with Crippen molar-refractivity contribution in [1.29, 1.82) is 0 Å². The molecule has 0 amide bonds. The highest BCUT2D eigenvalue weighted by Crippen LogP contribution is 2.16. The lowest BCUT2D eigenvalue weighted by Gasteiger charge is -2.17. The SMILES string of the molecule is C[Si](C)(C)c1cccc(CC2=CC=CC2)c1. The summed E-state index contributed by atoms with van der Waals surface area (Å²) in [7, 11) is -1.16. The molecule has 0 N–H and O–H groups in total. The average molecular weight is 228 g/mol. The van der Waals surface area contributed by atoms with Crippen LogP contribution in [-0.2, 0) is 6.42 Å². The van der Waals surface area contributed by atoms with Crippen molar-refractivity contribution in [3.63, 3.8) is 0 Å². The summed E-state index contributed by atoms with van der Waals surface area (Å²) in [4.78, 5) is 0. The van der Waals surface area contributed by atoms with Gasteiger partial charge >= 0.3 is 0 Å². The van der Waals surface area contributed by atoms with Gasteiger partial charge in [-0.05, 0) is 18.4 Å². The molecule has 2 rings (SSSR count). The Balaban J connectivity index is 2.16. The monoisotopic (exact) mass is 228 g/mol. The third-order valence-electron chi connectivity index (χ3n) is 3.07. The van der Waals surface area contributed by atoms with E-state index in [0.717, 1.165) is 12.8 Å². The van der Waals surface area contributed by atoms with Crippen molar-refractivity contribution in [1.82, 2.24) is 0 Å². The zero-order valence-electron chi connectivity index (χ0n) is 10.5. The summed E-state index contributed by atoms with van der Waals surface area (Å²) in [5, 5.41) is 1.57. The predicted molar refractivity (Wildman–Crippen MR) is 75.0 cm³/mol. The molecule has 0 fully saturated rings. The summed E-state index contributed by atoms with van der Waals surface area (Å²) in [5.41, 5.74) is 3.00. The quantitative estimate of drug-likeness (QED) is 0.693. The molecule has 1 aliphatic carbocycles. The van der Waals surface area contributed by atoms with Crippen molar-refractivity contribution in [3.05, 3.63) is 53.6 Å². The van der Waals surface area contributed by atoms with Crippen molar-refractivity contribution in [2.45, 2.75) is 32.5 Å². The van der Waals surface area contributed by atoms with E-state index < -0.39 is 8.07 Å². The first-order valence-corrected chi connectivity index (χ1v) is 9.50. The molecule has 0 aliphatic heterocycles. The average Bonchev–Trinajstić information content (AvgIpc) is 2.70. The highest BCUT2D eigenvalue weighted by atomic mass is 28.3. The molecule has 84 valence electrons. The molecule has 1 aromatic rings. The van der Waals surface area contributed by atoms with E-state index in [1.165, 1.54) is 11.1 Å². The normalized spacial score (nSPS) is 15.3. The fourth-order valence-corrected chi connectivity index (χ4v) is 3.25. The Labute approximate surface area is 99.7 Å². The highest BCUT2D eigenvalue weighted by Gasteiger charge is 2.16. The Morgan fingerprint density at radius 3 is 2.62 bits per heavy atom. The van der Waals surface area contributed by atoms with Gasteiger partial charge in [-0.2, -0.15) is 0 Å². The van der Waals surface area contributed by atoms with Crippen LogP contribution >= 0.6 is 0 Å². The van der Waals surface area contributed by atoms with Crippen LogP contribution in [-0.4, -0.2) is 8.07 Å². The molecule has 16 heavy (non-hydrogen) atoms. The van der Waals surface area contributed by atoms with E-state index in [1.54, 1.807) is 5.19 Å². The van der Waals surface area contributed by atoms with Crippen LogP contribution in [0.2, 0.25) is 19.6 Å². The number of benzene rings is 1. The van der Waals surface area contributed by atoms with Gasteiger partial charge in [0.25, 0.3) is 0 Å². The number of allylic oxidation sites excluding steroid dienone is 4. The molecule has 0 nitrogen and oxygen atoms in total. The van der Waals surface area contributed by atoms with Crippen molar-refractivity contribution >= 4 is 13.3 Å². The van der Waals surface area contributed by atoms with Gasteiger partial charge in [-0.15, -0.1) is 0 Å². The number of rotatable bonds is 3. The topological polar surface area (TPSA) is 0 Å². The standard InChI is InChI=1S/C15H20Si/c1-16(2,3)15-10-6-9-14(12-15)11-13-7-4-5-8-13/h4-7,9-10,12H,8,11H2,1-3H3. The van der Waals surface area contributed by atoms with E-state index in [2.05, 4.69) is 62.1 Å². The predicted octanol–water partition coefficient (Wildman–Crippen LogP) is 3.66. The summed E-state index contributed by atoms with van der Waals surface area (Å²) in [6, 6.07) is 9.16. The van der Waals surface area contributed by atoms with E-state index in [0.29, 0.717) is 0 Å². The van der Waals surface area contributed by atoms with E-state index in [4.69, 9.17) is 0 Å². The van der Waals surface area contributed by atoms with Crippen molar-refractivity contribution < 1.29 is 0 Å². The van der Waals surface area contributed by atoms with Crippen LogP contribution in [0.25, 0.3) is 0 Å². The van der Waals surface area contributed by atoms with Gasteiger partial charge in [-0.25, -0.2) is 0 Å². The summed E-state index contributed by atoms with van der Waals surface area (Å²) in [6.07, 6.45) is 8.90. The molecular weight excluding hydrogens is 208 g/mol. The van der Waals surface area contributed by atoms with Crippen LogP contribution in [0.5, 0.6) is 0 Å². The lowest BCUT2D eigenvalue weighted by atomic mass is 10.0. The maximum absolute atomic E-state index is 2.41. The van der Waals surface area contributed by atoms with Gasteiger partial charge in [0.2, 0.25) is 0 Å². The van der Waals surface area contributed by atoms with Gasteiger partial charge < -0.3 is 0 Å². The third-order valence-corrected chi connectivity index (χ3v) is 5.12. The van der Waals surface area contributed by atoms with Crippen molar-refractivity contribution in [2.24, 2.45) is 0 Å². The lowest BCUT2D eigenvalue weighted by Crippen LogP contribution is -2.37. The van der Waals surface area contributed by atoms with E-state index in [1.807, 2.05) is 0 Å². The molecule has 1 aromatic carbocycles. The second-order valence-electron chi connectivity index (χ2n) is 5.58. The fourth-order valence-electron chi connectivity index (χ4n) is 2.03. The maximum atomic E-state index is 2.41. The molecule has 0 aromatic heterocycles. The van der Waals surface area contributed by atoms with Crippen LogP contribution in [0.15, 0.2) is 48.1 Å². The van der Waals surface area contributed by atoms with Crippen LogP contribution in [0, 0.1) is 0 Å². The minimum atomic E-state index is -1.16. The second-order valence-corrected chi connectivity index (χ2v) is 10.7. The number of hydrogen-bond acceptors (Lipinski definition) is 0. The maximum Gasteiger partial charge on any atom is 0.0776 e.